The Hall–Kier alpha value is -1.58. The average molecular weight is 208 g/mol. The molecule has 4 heteroatoms. The second-order valence-corrected chi connectivity index (χ2v) is 4.42. The van der Waals surface area contributed by atoms with Gasteiger partial charge in [-0.1, -0.05) is 6.07 Å². The molecule has 0 atom stereocenters. The number of hydrogen-bond acceptors (Lipinski definition) is 3. The quantitative estimate of drug-likeness (QED) is 0.807. The maximum atomic E-state index is 10.7. The number of aromatic carboxylic acids is 1. The number of aromatic nitrogens is 1. The van der Waals surface area contributed by atoms with E-state index >= 15 is 0 Å². The average Bonchev–Trinajstić information content (AvgIpc) is 2.15. The molecule has 1 aromatic heterocycles. The molecule has 0 bridgehead atoms. The molecule has 0 aliphatic carbocycles. The lowest BCUT2D eigenvalue weighted by Crippen LogP contribution is -2.38. The zero-order valence-electron chi connectivity index (χ0n) is 9.48. The predicted octanol–water partition coefficient (Wildman–Crippen LogP) is 2.01. The van der Waals surface area contributed by atoms with E-state index in [4.69, 9.17) is 5.11 Å². The third-order valence-electron chi connectivity index (χ3n) is 2.30. The van der Waals surface area contributed by atoms with Gasteiger partial charge >= 0.3 is 5.97 Å². The first kappa shape index (κ1) is 11.5. The van der Waals surface area contributed by atoms with Crippen LogP contribution in [0.3, 0.4) is 0 Å². The number of hydrogen-bond donors (Lipinski definition) is 1. The molecule has 1 aromatic rings. The first-order valence-electron chi connectivity index (χ1n) is 4.76. The molecule has 0 spiro atoms. The summed E-state index contributed by atoms with van der Waals surface area (Å²) in [6.07, 6.45) is 0. The number of pyridine rings is 1. The van der Waals surface area contributed by atoms with Gasteiger partial charge in [-0.05, 0) is 32.9 Å². The zero-order valence-corrected chi connectivity index (χ0v) is 9.48. The lowest BCUT2D eigenvalue weighted by molar-refractivity contribution is 0.0690. The molecule has 1 heterocycles. The van der Waals surface area contributed by atoms with Crippen LogP contribution in [0.5, 0.6) is 0 Å². The monoisotopic (exact) mass is 208 g/mol. The van der Waals surface area contributed by atoms with Crippen molar-refractivity contribution in [2.24, 2.45) is 0 Å². The van der Waals surface area contributed by atoms with Crippen LogP contribution >= 0.6 is 0 Å². The van der Waals surface area contributed by atoms with Gasteiger partial charge in [-0.2, -0.15) is 0 Å². The summed E-state index contributed by atoms with van der Waals surface area (Å²) in [5.74, 6) is -0.332. The van der Waals surface area contributed by atoms with Crippen LogP contribution in [0.4, 0.5) is 5.82 Å². The van der Waals surface area contributed by atoms with E-state index in [1.54, 1.807) is 12.1 Å². The molecule has 4 nitrogen and oxygen atoms in total. The topological polar surface area (TPSA) is 53.4 Å². The van der Waals surface area contributed by atoms with Gasteiger partial charge in [-0.3, -0.25) is 0 Å². The molecule has 0 amide bonds. The van der Waals surface area contributed by atoms with Gasteiger partial charge in [0.25, 0.3) is 0 Å². The molecule has 0 aromatic carbocycles. The minimum Gasteiger partial charge on any atom is -0.477 e. The zero-order chi connectivity index (χ0) is 11.6. The SMILES string of the molecule is CN(c1cccc(C(=O)O)n1)C(C)(C)C. The van der Waals surface area contributed by atoms with Crippen molar-refractivity contribution in [3.63, 3.8) is 0 Å². The fourth-order valence-electron chi connectivity index (χ4n) is 1.07. The number of rotatable bonds is 2. The van der Waals surface area contributed by atoms with Crippen LogP contribution in [0.15, 0.2) is 18.2 Å². The van der Waals surface area contributed by atoms with Crippen molar-refractivity contribution in [1.82, 2.24) is 4.98 Å². The standard InChI is InChI=1S/C11H16N2O2/c1-11(2,3)13(4)9-7-5-6-8(12-9)10(14)15/h5-7H,1-4H3,(H,14,15). The van der Waals surface area contributed by atoms with Gasteiger partial charge in [-0.25, -0.2) is 9.78 Å². The van der Waals surface area contributed by atoms with E-state index in [1.165, 1.54) is 6.07 Å². The summed E-state index contributed by atoms with van der Waals surface area (Å²) >= 11 is 0. The molecule has 0 radical (unpaired) electrons. The first-order chi connectivity index (χ1) is 6.82. The first-order valence-corrected chi connectivity index (χ1v) is 4.76. The number of nitrogens with zero attached hydrogens (tertiary/aromatic N) is 2. The molecule has 1 N–H and O–H groups in total. The van der Waals surface area contributed by atoms with Crippen molar-refractivity contribution >= 4 is 11.8 Å². The second kappa shape index (κ2) is 3.88. The highest BCUT2D eigenvalue weighted by molar-refractivity contribution is 5.85. The maximum absolute atomic E-state index is 10.7. The maximum Gasteiger partial charge on any atom is 0.354 e. The predicted molar refractivity (Wildman–Crippen MR) is 59.4 cm³/mol. The molecule has 1 rings (SSSR count). The van der Waals surface area contributed by atoms with E-state index in [1.807, 2.05) is 32.7 Å². The second-order valence-electron chi connectivity index (χ2n) is 4.42. The minimum atomic E-state index is -1.00. The van der Waals surface area contributed by atoms with Gasteiger partial charge in [0.1, 0.15) is 5.82 Å². The molecular formula is C11H16N2O2. The summed E-state index contributed by atoms with van der Waals surface area (Å²) in [6.45, 7) is 6.13. The van der Waals surface area contributed by atoms with Crippen LogP contribution in [-0.4, -0.2) is 28.6 Å². The number of carboxylic acids is 1. The third kappa shape index (κ3) is 2.68. The molecule has 0 saturated carbocycles. The minimum absolute atomic E-state index is 0.0728. The van der Waals surface area contributed by atoms with Crippen LogP contribution < -0.4 is 4.90 Å². The van der Waals surface area contributed by atoms with E-state index in [0.29, 0.717) is 5.82 Å². The lowest BCUT2D eigenvalue weighted by atomic mass is 10.1. The van der Waals surface area contributed by atoms with Crippen molar-refractivity contribution in [3.8, 4) is 0 Å². The van der Waals surface area contributed by atoms with Crippen molar-refractivity contribution < 1.29 is 9.90 Å². The van der Waals surface area contributed by atoms with Crippen molar-refractivity contribution in [2.45, 2.75) is 26.3 Å². The molecule has 0 aliphatic rings. The smallest absolute Gasteiger partial charge is 0.354 e. The highest BCUT2D eigenvalue weighted by Crippen LogP contribution is 2.19. The summed E-state index contributed by atoms with van der Waals surface area (Å²) in [5.41, 5.74) is -0.00646. The Bertz CT molecular complexity index is 369. The number of carbonyl (C=O) groups is 1. The van der Waals surface area contributed by atoms with Gasteiger partial charge in [0.15, 0.2) is 5.69 Å². The molecule has 0 aliphatic heterocycles. The number of carboxylic acid groups (broad SMARTS) is 1. The van der Waals surface area contributed by atoms with Gasteiger partial charge in [0, 0.05) is 12.6 Å². The Balaban J connectivity index is 3.06. The lowest BCUT2D eigenvalue weighted by Gasteiger charge is -2.33. The van der Waals surface area contributed by atoms with Gasteiger partial charge in [0.2, 0.25) is 0 Å². The Kier molecular flexibility index (Phi) is 2.98. The summed E-state index contributed by atoms with van der Waals surface area (Å²) < 4.78 is 0. The van der Waals surface area contributed by atoms with E-state index in [0.717, 1.165) is 0 Å². The molecule has 0 saturated heterocycles. The highest BCUT2D eigenvalue weighted by atomic mass is 16.4. The summed E-state index contributed by atoms with van der Waals surface area (Å²) in [5, 5.41) is 8.81. The van der Waals surface area contributed by atoms with Crippen LogP contribution in [0.25, 0.3) is 0 Å². The van der Waals surface area contributed by atoms with Crippen LogP contribution in [-0.2, 0) is 0 Å². The molecule has 0 fully saturated rings. The van der Waals surface area contributed by atoms with Gasteiger partial charge in [0.05, 0.1) is 0 Å². The Labute approximate surface area is 89.6 Å². The van der Waals surface area contributed by atoms with E-state index in [2.05, 4.69) is 4.98 Å². The Morgan fingerprint density at radius 3 is 2.47 bits per heavy atom. The fourth-order valence-corrected chi connectivity index (χ4v) is 1.07. The Morgan fingerprint density at radius 1 is 1.40 bits per heavy atom. The fraction of sp³-hybridized carbons (Fsp3) is 0.455. The van der Waals surface area contributed by atoms with E-state index in [-0.39, 0.29) is 11.2 Å². The van der Waals surface area contributed by atoms with Crippen molar-refractivity contribution in [2.75, 3.05) is 11.9 Å². The van der Waals surface area contributed by atoms with Crippen LogP contribution in [0.2, 0.25) is 0 Å². The van der Waals surface area contributed by atoms with Gasteiger partial charge < -0.3 is 10.0 Å². The van der Waals surface area contributed by atoms with Crippen molar-refractivity contribution in [1.29, 1.82) is 0 Å². The molecular weight excluding hydrogens is 192 g/mol. The molecule has 0 unspecified atom stereocenters. The van der Waals surface area contributed by atoms with Crippen LogP contribution in [0, 0.1) is 0 Å². The number of anilines is 1. The summed E-state index contributed by atoms with van der Waals surface area (Å²) in [7, 11) is 1.90. The summed E-state index contributed by atoms with van der Waals surface area (Å²) in [6, 6.07) is 4.99. The van der Waals surface area contributed by atoms with Gasteiger partial charge in [-0.15, -0.1) is 0 Å². The Morgan fingerprint density at radius 2 is 2.00 bits per heavy atom. The van der Waals surface area contributed by atoms with E-state index < -0.39 is 5.97 Å². The molecule has 82 valence electrons. The van der Waals surface area contributed by atoms with Crippen LogP contribution in [0.1, 0.15) is 31.3 Å². The summed E-state index contributed by atoms with van der Waals surface area (Å²) in [4.78, 5) is 16.8. The normalized spacial score (nSPS) is 11.2. The largest absolute Gasteiger partial charge is 0.477 e. The molecule has 15 heavy (non-hydrogen) atoms. The third-order valence-corrected chi connectivity index (χ3v) is 2.30. The highest BCUT2D eigenvalue weighted by Gasteiger charge is 2.19. The van der Waals surface area contributed by atoms with Crippen molar-refractivity contribution in [3.05, 3.63) is 23.9 Å². The van der Waals surface area contributed by atoms with E-state index in [9.17, 15) is 4.79 Å².